The van der Waals surface area contributed by atoms with Crippen LogP contribution in [0, 0.1) is 5.92 Å². The van der Waals surface area contributed by atoms with Crippen molar-refractivity contribution in [2.24, 2.45) is 5.92 Å². The van der Waals surface area contributed by atoms with Gasteiger partial charge in [0.15, 0.2) is 0 Å². The highest BCUT2D eigenvalue weighted by atomic mass is 79.9. The normalized spacial score (nSPS) is 25.1. The van der Waals surface area contributed by atoms with Gasteiger partial charge in [-0.2, -0.15) is 0 Å². The minimum absolute atomic E-state index is 0.0843. The number of amides is 2. The van der Waals surface area contributed by atoms with Crippen molar-refractivity contribution in [3.63, 3.8) is 0 Å². The molecule has 1 aromatic rings. The van der Waals surface area contributed by atoms with Crippen LogP contribution in [-0.4, -0.2) is 34.8 Å². The molecule has 2 aliphatic carbocycles. The largest absolute Gasteiger partial charge is 0.340 e. The van der Waals surface area contributed by atoms with Gasteiger partial charge in [-0.15, -0.1) is 11.3 Å². The Labute approximate surface area is 156 Å². The average Bonchev–Trinajstić information content (AvgIpc) is 3.29. The molecule has 0 bridgehead atoms. The van der Waals surface area contributed by atoms with Gasteiger partial charge in [0.25, 0.3) is 5.91 Å². The number of halogens is 1. The summed E-state index contributed by atoms with van der Waals surface area (Å²) in [5.74, 6) is 0.687. The van der Waals surface area contributed by atoms with Crippen LogP contribution in [-0.2, 0) is 4.79 Å². The van der Waals surface area contributed by atoms with Gasteiger partial charge >= 0.3 is 0 Å². The first-order chi connectivity index (χ1) is 11.5. The van der Waals surface area contributed by atoms with Crippen LogP contribution < -0.4 is 5.32 Å². The number of nitrogens with one attached hydrogen (secondary N) is 1. The van der Waals surface area contributed by atoms with E-state index in [4.69, 9.17) is 0 Å². The lowest BCUT2D eigenvalue weighted by Crippen LogP contribution is -2.52. The zero-order valence-corrected chi connectivity index (χ0v) is 16.7. The molecular formula is C18H25BrN2O2S. The van der Waals surface area contributed by atoms with Crippen molar-refractivity contribution in [2.45, 2.75) is 70.5 Å². The molecule has 2 aliphatic rings. The Morgan fingerprint density at radius 3 is 2.25 bits per heavy atom. The van der Waals surface area contributed by atoms with E-state index >= 15 is 0 Å². The van der Waals surface area contributed by atoms with Gasteiger partial charge in [-0.05, 0) is 79.4 Å². The molecule has 6 heteroatoms. The fraction of sp³-hybridized carbons (Fsp3) is 0.667. The van der Waals surface area contributed by atoms with E-state index in [0.717, 1.165) is 35.4 Å². The minimum Gasteiger partial charge on any atom is -0.340 e. The summed E-state index contributed by atoms with van der Waals surface area (Å²) in [7, 11) is 0. The molecule has 2 fully saturated rings. The summed E-state index contributed by atoms with van der Waals surface area (Å²) in [6, 6.07) is 3.91. The molecule has 24 heavy (non-hydrogen) atoms. The molecule has 1 aromatic heterocycles. The van der Waals surface area contributed by atoms with Crippen LogP contribution in [0.4, 0.5) is 0 Å². The molecule has 0 radical (unpaired) electrons. The topological polar surface area (TPSA) is 49.4 Å². The van der Waals surface area contributed by atoms with E-state index in [1.54, 1.807) is 6.07 Å². The summed E-state index contributed by atoms with van der Waals surface area (Å²) in [6.45, 7) is 4.10. The van der Waals surface area contributed by atoms with E-state index in [2.05, 4.69) is 33.1 Å². The maximum Gasteiger partial charge on any atom is 0.262 e. The number of carbonyl (C=O) groups is 2. The summed E-state index contributed by atoms with van der Waals surface area (Å²) in [4.78, 5) is 28.0. The van der Waals surface area contributed by atoms with Crippen molar-refractivity contribution < 1.29 is 9.59 Å². The van der Waals surface area contributed by atoms with Crippen LogP contribution >= 0.6 is 27.3 Å². The SMILES string of the molecule is CC1CCC(N(C(=O)[C@H](C)NC(=O)c2ccc(Br)s2)C2CC2)CC1. The van der Waals surface area contributed by atoms with E-state index in [-0.39, 0.29) is 11.8 Å². The molecule has 2 saturated carbocycles. The fourth-order valence-corrected chi connectivity index (χ4v) is 4.81. The van der Waals surface area contributed by atoms with Crippen LogP contribution in [0.5, 0.6) is 0 Å². The molecule has 4 nitrogen and oxygen atoms in total. The van der Waals surface area contributed by atoms with E-state index in [9.17, 15) is 9.59 Å². The third-order valence-corrected chi connectivity index (χ3v) is 6.71. The minimum atomic E-state index is -0.474. The quantitative estimate of drug-likeness (QED) is 0.787. The number of hydrogen-bond donors (Lipinski definition) is 1. The van der Waals surface area contributed by atoms with Crippen LogP contribution in [0.1, 0.15) is 62.0 Å². The molecule has 3 rings (SSSR count). The Morgan fingerprint density at radius 2 is 1.75 bits per heavy atom. The zero-order chi connectivity index (χ0) is 17.3. The van der Waals surface area contributed by atoms with Gasteiger partial charge in [0.2, 0.25) is 5.91 Å². The molecule has 0 spiro atoms. The second-order valence-electron chi connectivity index (χ2n) is 7.19. The Bertz CT molecular complexity index is 606. The number of rotatable bonds is 5. The summed E-state index contributed by atoms with van der Waals surface area (Å²) in [5, 5.41) is 2.88. The molecule has 0 unspecified atom stereocenters. The highest BCUT2D eigenvalue weighted by Gasteiger charge is 2.40. The van der Waals surface area contributed by atoms with Gasteiger partial charge in [-0.3, -0.25) is 9.59 Å². The standard InChI is InChI=1S/C18H25BrN2O2S/c1-11-3-5-13(6-4-11)21(14-7-8-14)18(23)12(2)20-17(22)15-9-10-16(19)24-15/h9-14H,3-8H2,1-2H3,(H,20,22)/t11?,12-,13?/m0/s1. The van der Waals surface area contributed by atoms with E-state index < -0.39 is 6.04 Å². The predicted molar refractivity (Wildman–Crippen MR) is 100 cm³/mol. The Kier molecular flexibility index (Phi) is 5.65. The van der Waals surface area contributed by atoms with Crippen molar-refractivity contribution in [3.05, 3.63) is 20.8 Å². The van der Waals surface area contributed by atoms with E-state index in [1.165, 1.54) is 24.2 Å². The second kappa shape index (κ2) is 7.56. The third-order valence-electron chi connectivity index (χ3n) is 5.09. The van der Waals surface area contributed by atoms with Crippen LogP contribution in [0.15, 0.2) is 15.9 Å². The first-order valence-electron chi connectivity index (χ1n) is 8.84. The van der Waals surface area contributed by atoms with Crippen molar-refractivity contribution >= 4 is 39.1 Å². The van der Waals surface area contributed by atoms with Gasteiger partial charge in [0, 0.05) is 12.1 Å². The number of nitrogens with zero attached hydrogens (tertiary/aromatic N) is 1. The Morgan fingerprint density at radius 1 is 1.17 bits per heavy atom. The fourth-order valence-electron chi connectivity index (χ4n) is 3.52. The van der Waals surface area contributed by atoms with E-state index in [0.29, 0.717) is 17.0 Å². The van der Waals surface area contributed by atoms with Crippen molar-refractivity contribution in [2.75, 3.05) is 0 Å². The molecule has 0 aromatic carbocycles. The molecule has 1 heterocycles. The van der Waals surface area contributed by atoms with Gasteiger partial charge in [-0.1, -0.05) is 6.92 Å². The highest BCUT2D eigenvalue weighted by molar-refractivity contribution is 9.11. The van der Waals surface area contributed by atoms with Crippen molar-refractivity contribution in [1.29, 1.82) is 0 Å². The summed E-state index contributed by atoms with van der Waals surface area (Å²) < 4.78 is 0.919. The van der Waals surface area contributed by atoms with Gasteiger partial charge in [-0.25, -0.2) is 0 Å². The molecular weight excluding hydrogens is 388 g/mol. The van der Waals surface area contributed by atoms with Gasteiger partial charge in [0.05, 0.1) is 8.66 Å². The van der Waals surface area contributed by atoms with Crippen LogP contribution in [0.25, 0.3) is 0 Å². The molecule has 1 atom stereocenters. The molecule has 132 valence electrons. The maximum atomic E-state index is 13.0. The van der Waals surface area contributed by atoms with Crippen LogP contribution in [0.3, 0.4) is 0 Å². The highest BCUT2D eigenvalue weighted by Crippen LogP contribution is 2.35. The lowest BCUT2D eigenvalue weighted by atomic mass is 9.86. The smallest absolute Gasteiger partial charge is 0.262 e. The number of carbonyl (C=O) groups excluding carboxylic acids is 2. The molecule has 0 aliphatic heterocycles. The lowest BCUT2D eigenvalue weighted by Gasteiger charge is -2.38. The predicted octanol–water partition coefficient (Wildman–Crippen LogP) is 4.20. The van der Waals surface area contributed by atoms with Gasteiger partial charge < -0.3 is 10.2 Å². The summed E-state index contributed by atoms with van der Waals surface area (Å²) >= 11 is 4.75. The van der Waals surface area contributed by atoms with Gasteiger partial charge in [0.1, 0.15) is 6.04 Å². The van der Waals surface area contributed by atoms with Crippen molar-refractivity contribution in [3.8, 4) is 0 Å². The molecule has 0 saturated heterocycles. The zero-order valence-electron chi connectivity index (χ0n) is 14.3. The van der Waals surface area contributed by atoms with E-state index in [1.807, 2.05) is 13.0 Å². The monoisotopic (exact) mass is 412 g/mol. The molecule has 2 amide bonds. The first-order valence-corrected chi connectivity index (χ1v) is 10.4. The van der Waals surface area contributed by atoms with Crippen LogP contribution in [0.2, 0.25) is 0 Å². The van der Waals surface area contributed by atoms with Crippen molar-refractivity contribution in [1.82, 2.24) is 10.2 Å². The average molecular weight is 413 g/mol. The number of hydrogen-bond acceptors (Lipinski definition) is 3. The Balaban J connectivity index is 1.63. The molecule has 1 N–H and O–H groups in total. The maximum absolute atomic E-state index is 13.0. The first kappa shape index (κ1) is 17.9. The second-order valence-corrected chi connectivity index (χ2v) is 9.65. The summed E-state index contributed by atoms with van der Waals surface area (Å²) in [6.07, 6.45) is 6.81. The third kappa shape index (κ3) is 4.20. The summed E-state index contributed by atoms with van der Waals surface area (Å²) in [5.41, 5.74) is 0. The Hall–Kier alpha value is -0.880. The lowest BCUT2D eigenvalue weighted by molar-refractivity contribution is -0.136. The number of thiophene rings is 1.